The molecule has 0 saturated carbocycles. The highest BCUT2D eigenvalue weighted by Gasteiger charge is 2.11. The van der Waals surface area contributed by atoms with Gasteiger partial charge in [0, 0.05) is 5.56 Å². The van der Waals surface area contributed by atoms with Gasteiger partial charge >= 0.3 is 0 Å². The molecule has 0 spiro atoms. The van der Waals surface area contributed by atoms with E-state index in [9.17, 15) is 9.59 Å². The third-order valence-electron chi connectivity index (χ3n) is 3.78. The monoisotopic (exact) mass is 477 g/mol. The molecule has 0 radical (unpaired) electrons. The van der Waals surface area contributed by atoms with Gasteiger partial charge in [0.2, 0.25) is 0 Å². The largest absolute Gasteiger partial charge is 0.493 e. The molecule has 0 atom stereocenters. The zero-order valence-electron chi connectivity index (χ0n) is 17.2. The number of amides is 2. The Morgan fingerprint density at radius 3 is 2.40 bits per heavy atom. The van der Waals surface area contributed by atoms with Crippen molar-refractivity contribution >= 4 is 34.0 Å². The molecule has 160 valence electrons. The van der Waals surface area contributed by atoms with Gasteiger partial charge in [0.25, 0.3) is 11.8 Å². The van der Waals surface area contributed by atoms with Crippen molar-refractivity contribution in [3.8, 4) is 17.2 Å². The maximum atomic E-state index is 12.2. The van der Waals surface area contributed by atoms with E-state index in [1.165, 1.54) is 26.5 Å². The van der Waals surface area contributed by atoms with Gasteiger partial charge in [-0.1, -0.05) is 0 Å². The van der Waals surface area contributed by atoms with E-state index in [1.807, 2.05) is 32.0 Å². The molecule has 2 N–H and O–H groups in total. The summed E-state index contributed by atoms with van der Waals surface area (Å²) in [5.41, 5.74) is 3.49. The lowest BCUT2D eigenvalue weighted by molar-refractivity contribution is -0.120. The summed E-state index contributed by atoms with van der Waals surface area (Å²) in [6.45, 7) is 3.66. The van der Waals surface area contributed by atoms with E-state index in [-0.39, 0.29) is 12.6 Å². The first-order valence-corrected chi connectivity index (χ1v) is 9.91. The zero-order valence-corrected chi connectivity index (χ0v) is 18.8. The van der Waals surface area contributed by atoms with Crippen LogP contribution in [-0.4, -0.2) is 44.9 Å². The van der Waals surface area contributed by atoms with Crippen molar-refractivity contribution in [2.45, 2.75) is 20.0 Å². The van der Waals surface area contributed by atoms with Crippen molar-refractivity contribution in [1.29, 1.82) is 0 Å². The molecular formula is C21H24BrN3O5. The fraction of sp³-hybridized carbons (Fsp3) is 0.286. The number of rotatable bonds is 9. The molecule has 0 bridgehead atoms. The van der Waals surface area contributed by atoms with Crippen LogP contribution in [0.1, 0.15) is 29.8 Å². The second kappa shape index (κ2) is 11.2. The number of hydrogen-bond donors (Lipinski definition) is 2. The summed E-state index contributed by atoms with van der Waals surface area (Å²) in [5.74, 6) is 0.787. The molecule has 0 heterocycles. The molecular weight excluding hydrogens is 454 g/mol. The minimum atomic E-state index is -0.459. The smallest absolute Gasteiger partial charge is 0.259 e. The molecule has 2 rings (SSSR count). The van der Waals surface area contributed by atoms with Gasteiger partial charge < -0.3 is 19.5 Å². The Hall–Kier alpha value is -3.07. The van der Waals surface area contributed by atoms with Crippen molar-refractivity contribution in [1.82, 2.24) is 10.7 Å². The third-order valence-corrected chi connectivity index (χ3v) is 4.40. The number of benzene rings is 2. The number of carbonyl (C=O) groups is 2. The van der Waals surface area contributed by atoms with Crippen LogP contribution in [0.3, 0.4) is 0 Å². The van der Waals surface area contributed by atoms with Crippen molar-refractivity contribution in [3.63, 3.8) is 0 Å². The molecule has 0 aliphatic heterocycles. The van der Waals surface area contributed by atoms with Gasteiger partial charge in [0.15, 0.2) is 11.5 Å². The summed E-state index contributed by atoms with van der Waals surface area (Å²) in [6.07, 6.45) is 1.56. The lowest BCUT2D eigenvalue weighted by Gasteiger charge is -2.11. The quantitative estimate of drug-likeness (QED) is 0.427. The average Bonchev–Trinajstić information content (AvgIpc) is 2.73. The van der Waals surface area contributed by atoms with Crippen LogP contribution in [0.5, 0.6) is 17.2 Å². The second-order valence-electron chi connectivity index (χ2n) is 6.40. The Balaban J connectivity index is 1.86. The van der Waals surface area contributed by atoms with Crippen LogP contribution in [0.15, 0.2) is 46.0 Å². The molecule has 2 aromatic carbocycles. The van der Waals surface area contributed by atoms with Gasteiger partial charge in [0.05, 0.1) is 37.6 Å². The third kappa shape index (κ3) is 6.77. The summed E-state index contributed by atoms with van der Waals surface area (Å²) >= 11 is 3.44. The van der Waals surface area contributed by atoms with Crippen LogP contribution in [-0.2, 0) is 4.79 Å². The molecule has 8 nitrogen and oxygen atoms in total. The molecule has 0 aliphatic rings. The van der Waals surface area contributed by atoms with Gasteiger partial charge in [-0.15, -0.1) is 0 Å². The van der Waals surface area contributed by atoms with E-state index in [0.717, 1.165) is 15.8 Å². The number of nitrogens with zero attached hydrogens (tertiary/aromatic N) is 1. The number of halogens is 1. The lowest BCUT2D eigenvalue weighted by Crippen LogP contribution is -2.34. The molecule has 0 saturated heterocycles. The van der Waals surface area contributed by atoms with E-state index in [1.54, 1.807) is 12.1 Å². The number of nitrogens with one attached hydrogen (secondary N) is 2. The number of methoxy groups -OCH3 is 2. The van der Waals surface area contributed by atoms with E-state index >= 15 is 0 Å². The summed E-state index contributed by atoms with van der Waals surface area (Å²) in [5, 5.41) is 6.43. The molecule has 0 fully saturated rings. The van der Waals surface area contributed by atoms with E-state index in [0.29, 0.717) is 17.1 Å². The van der Waals surface area contributed by atoms with Crippen molar-refractivity contribution in [2.75, 3.05) is 20.8 Å². The molecule has 30 heavy (non-hydrogen) atoms. The van der Waals surface area contributed by atoms with Crippen molar-refractivity contribution in [3.05, 3.63) is 52.0 Å². The molecule has 2 amide bonds. The predicted molar refractivity (Wildman–Crippen MR) is 118 cm³/mol. The van der Waals surface area contributed by atoms with Gasteiger partial charge in [-0.05, 0) is 71.7 Å². The molecule has 9 heteroatoms. The number of hydrazone groups is 1. The highest BCUT2D eigenvalue weighted by atomic mass is 79.9. The molecule has 0 unspecified atom stereocenters. The van der Waals surface area contributed by atoms with Crippen LogP contribution >= 0.6 is 15.9 Å². The van der Waals surface area contributed by atoms with E-state index in [4.69, 9.17) is 14.2 Å². The summed E-state index contributed by atoms with van der Waals surface area (Å²) in [4.78, 5) is 24.1. The number of ether oxygens (including phenoxy) is 3. The van der Waals surface area contributed by atoms with Gasteiger partial charge in [-0.25, -0.2) is 5.43 Å². The fourth-order valence-electron chi connectivity index (χ4n) is 2.41. The Morgan fingerprint density at radius 2 is 1.77 bits per heavy atom. The maximum Gasteiger partial charge on any atom is 0.259 e. The standard InChI is InChI=1S/C21H24BrN3O5/c1-13(2)30-17-7-5-14(9-16(17)22)11-24-25-20(26)12-23-21(27)15-6-8-18(28-3)19(10-15)29-4/h5-11,13H,12H2,1-4H3,(H,23,27)(H,25,26). The van der Waals surface area contributed by atoms with Gasteiger partial charge in [0.1, 0.15) is 5.75 Å². The summed E-state index contributed by atoms with van der Waals surface area (Å²) < 4.78 is 16.7. The highest BCUT2D eigenvalue weighted by Crippen LogP contribution is 2.27. The Bertz CT molecular complexity index is 931. The van der Waals surface area contributed by atoms with Crippen molar-refractivity contribution in [2.24, 2.45) is 5.10 Å². The highest BCUT2D eigenvalue weighted by molar-refractivity contribution is 9.10. The zero-order chi connectivity index (χ0) is 22.1. The Kier molecular flexibility index (Phi) is 8.67. The summed E-state index contributed by atoms with van der Waals surface area (Å²) in [6, 6.07) is 10.2. The van der Waals surface area contributed by atoms with Crippen LogP contribution in [0, 0.1) is 0 Å². The number of hydrogen-bond acceptors (Lipinski definition) is 6. The second-order valence-corrected chi connectivity index (χ2v) is 7.26. The molecule has 0 aromatic heterocycles. The normalized spacial score (nSPS) is 10.7. The van der Waals surface area contributed by atoms with E-state index in [2.05, 4.69) is 31.8 Å². The Labute approximate surface area is 183 Å². The van der Waals surface area contributed by atoms with Crippen molar-refractivity contribution < 1.29 is 23.8 Å². The van der Waals surface area contributed by atoms with Gasteiger partial charge in [-0.2, -0.15) is 5.10 Å². The van der Waals surface area contributed by atoms with Gasteiger partial charge in [-0.3, -0.25) is 9.59 Å². The first-order chi connectivity index (χ1) is 14.3. The average molecular weight is 478 g/mol. The SMILES string of the molecule is COc1ccc(C(=O)NCC(=O)NN=Cc2ccc(OC(C)C)c(Br)c2)cc1OC. The predicted octanol–water partition coefficient (Wildman–Crippen LogP) is 3.13. The lowest BCUT2D eigenvalue weighted by atomic mass is 10.2. The molecule has 0 aliphatic carbocycles. The first-order valence-electron chi connectivity index (χ1n) is 9.12. The topological polar surface area (TPSA) is 98.2 Å². The van der Waals surface area contributed by atoms with E-state index < -0.39 is 11.8 Å². The Morgan fingerprint density at radius 1 is 1.07 bits per heavy atom. The van der Waals surface area contributed by atoms with Crippen LogP contribution < -0.4 is 25.0 Å². The van der Waals surface area contributed by atoms with Crippen LogP contribution in [0.4, 0.5) is 0 Å². The summed E-state index contributed by atoms with van der Waals surface area (Å²) in [7, 11) is 2.99. The van der Waals surface area contributed by atoms with Crippen LogP contribution in [0.2, 0.25) is 0 Å². The first kappa shape index (κ1) is 23.2. The minimum absolute atomic E-state index is 0.0642. The molecule has 2 aromatic rings. The number of carbonyl (C=O) groups excluding carboxylic acids is 2. The van der Waals surface area contributed by atoms with Crippen LogP contribution in [0.25, 0.3) is 0 Å². The maximum absolute atomic E-state index is 12.2. The fourth-order valence-corrected chi connectivity index (χ4v) is 2.90. The minimum Gasteiger partial charge on any atom is -0.493 e.